The topological polar surface area (TPSA) is 84.9 Å². The first-order chi connectivity index (χ1) is 10.5. The lowest BCUT2D eigenvalue weighted by molar-refractivity contribution is -0.121. The SMILES string of the molecule is CCCC(=O)NC1BOc2c(cc(O)cc2C(=O)OCC)C1. The number of aromatic hydroxyl groups is 1. The average molecular weight is 305 g/mol. The molecule has 0 aliphatic carbocycles. The van der Waals surface area contributed by atoms with E-state index in [1.54, 1.807) is 13.0 Å². The molecule has 7 heteroatoms. The van der Waals surface area contributed by atoms with Crippen LogP contribution < -0.4 is 9.97 Å². The van der Waals surface area contributed by atoms with Crippen molar-refractivity contribution in [3.63, 3.8) is 0 Å². The molecule has 6 nitrogen and oxygen atoms in total. The van der Waals surface area contributed by atoms with Crippen molar-refractivity contribution in [3.05, 3.63) is 23.3 Å². The Morgan fingerprint density at radius 1 is 1.45 bits per heavy atom. The summed E-state index contributed by atoms with van der Waals surface area (Å²) in [7, 11) is 0.291. The van der Waals surface area contributed by atoms with Gasteiger partial charge in [-0.05, 0) is 37.5 Å². The number of rotatable bonds is 5. The average Bonchev–Trinajstić information content (AvgIpc) is 2.46. The van der Waals surface area contributed by atoms with E-state index in [0.29, 0.717) is 31.6 Å². The Morgan fingerprint density at radius 3 is 2.91 bits per heavy atom. The molecule has 118 valence electrons. The number of nitrogens with one attached hydrogen (secondary N) is 1. The largest absolute Gasteiger partial charge is 0.561 e. The summed E-state index contributed by atoms with van der Waals surface area (Å²) in [5, 5.41) is 12.7. The smallest absolute Gasteiger partial charge is 0.363 e. The van der Waals surface area contributed by atoms with Gasteiger partial charge in [-0.1, -0.05) is 6.92 Å². The molecule has 0 spiro atoms. The van der Waals surface area contributed by atoms with Crippen LogP contribution in [-0.2, 0) is 16.0 Å². The lowest BCUT2D eigenvalue weighted by Gasteiger charge is -2.26. The van der Waals surface area contributed by atoms with Crippen molar-refractivity contribution in [3.8, 4) is 11.5 Å². The van der Waals surface area contributed by atoms with Gasteiger partial charge in [0.2, 0.25) is 5.91 Å². The third-order valence-electron chi connectivity index (χ3n) is 3.38. The van der Waals surface area contributed by atoms with E-state index in [4.69, 9.17) is 9.39 Å². The molecule has 22 heavy (non-hydrogen) atoms. The van der Waals surface area contributed by atoms with Gasteiger partial charge in [0.05, 0.1) is 6.61 Å². The summed E-state index contributed by atoms with van der Waals surface area (Å²) in [5.41, 5.74) is 0.909. The van der Waals surface area contributed by atoms with E-state index < -0.39 is 5.97 Å². The summed E-state index contributed by atoms with van der Waals surface area (Å²) in [6.07, 6.45) is 1.76. The maximum atomic E-state index is 11.9. The Bertz CT molecular complexity index is 575. The van der Waals surface area contributed by atoms with Crippen molar-refractivity contribution in [2.75, 3.05) is 6.61 Å². The van der Waals surface area contributed by atoms with Crippen molar-refractivity contribution >= 4 is 19.4 Å². The van der Waals surface area contributed by atoms with Crippen LogP contribution in [0.25, 0.3) is 0 Å². The molecule has 0 fully saturated rings. The zero-order chi connectivity index (χ0) is 16.1. The first-order valence-electron chi connectivity index (χ1n) is 7.50. The second kappa shape index (κ2) is 7.20. The third kappa shape index (κ3) is 3.72. The quantitative estimate of drug-likeness (QED) is 0.628. The minimum Gasteiger partial charge on any atom is -0.561 e. The summed E-state index contributed by atoms with van der Waals surface area (Å²) in [5.74, 6) is -0.306. The molecule has 1 heterocycles. The Hall–Kier alpha value is -2.18. The molecule has 1 aliphatic heterocycles. The molecule has 1 atom stereocenters. The van der Waals surface area contributed by atoms with Crippen molar-refractivity contribution in [2.45, 2.75) is 39.1 Å². The molecule has 1 amide bonds. The lowest BCUT2D eigenvalue weighted by Crippen LogP contribution is -2.45. The summed E-state index contributed by atoms with van der Waals surface area (Å²) >= 11 is 0. The number of phenols is 1. The number of hydrogen-bond acceptors (Lipinski definition) is 5. The molecule has 0 saturated carbocycles. The fraction of sp³-hybridized carbons (Fsp3) is 0.467. The van der Waals surface area contributed by atoms with Crippen LogP contribution in [0.1, 0.15) is 42.6 Å². The monoisotopic (exact) mass is 305 g/mol. The third-order valence-corrected chi connectivity index (χ3v) is 3.38. The normalized spacial score (nSPS) is 16.0. The number of esters is 1. The zero-order valence-electron chi connectivity index (χ0n) is 12.8. The molecular weight excluding hydrogens is 285 g/mol. The number of carbonyl (C=O) groups is 2. The molecule has 0 bridgehead atoms. The van der Waals surface area contributed by atoms with Crippen molar-refractivity contribution in [2.24, 2.45) is 0 Å². The molecule has 1 aromatic carbocycles. The van der Waals surface area contributed by atoms with E-state index in [2.05, 4.69) is 5.32 Å². The van der Waals surface area contributed by atoms with E-state index in [0.717, 1.165) is 6.42 Å². The molecule has 2 rings (SSSR count). The number of amides is 1. The molecule has 0 saturated heterocycles. The van der Waals surface area contributed by atoms with Crippen LogP contribution in [0.3, 0.4) is 0 Å². The van der Waals surface area contributed by atoms with E-state index >= 15 is 0 Å². The van der Waals surface area contributed by atoms with E-state index in [1.165, 1.54) is 6.07 Å². The van der Waals surface area contributed by atoms with E-state index in [9.17, 15) is 14.7 Å². The summed E-state index contributed by atoms with van der Waals surface area (Å²) < 4.78 is 10.6. The van der Waals surface area contributed by atoms with Gasteiger partial charge in [0.25, 0.3) is 0 Å². The highest BCUT2D eigenvalue weighted by molar-refractivity contribution is 6.32. The van der Waals surface area contributed by atoms with Gasteiger partial charge in [-0.2, -0.15) is 0 Å². The Morgan fingerprint density at radius 2 is 2.23 bits per heavy atom. The maximum absolute atomic E-state index is 11.9. The number of hydrogen-bond donors (Lipinski definition) is 2. The highest BCUT2D eigenvalue weighted by Gasteiger charge is 2.28. The van der Waals surface area contributed by atoms with Crippen LogP contribution in [0, 0.1) is 0 Å². The molecule has 1 unspecified atom stereocenters. The zero-order valence-corrected chi connectivity index (χ0v) is 12.8. The second-order valence-corrected chi connectivity index (χ2v) is 5.23. The molecule has 1 aliphatic rings. The number of phenolic OH excluding ortho intramolecular Hbond substituents is 1. The van der Waals surface area contributed by atoms with E-state index in [-0.39, 0.29) is 29.8 Å². The first kappa shape index (κ1) is 16.2. The van der Waals surface area contributed by atoms with Crippen LogP contribution in [0.15, 0.2) is 12.1 Å². The van der Waals surface area contributed by atoms with Gasteiger partial charge in [0.15, 0.2) is 0 Å². The standard InChI is InChI=1S/C15H20BNO5/c1-3-5-13(19)17-12-7-9-6-10(18)8-11(14(9)22-16-12)15(20)21-4-2/h6,8,12,16,18H,3-5,7H2,1-2H3,(H,17,19). The van der Waals surface area contributed by atoms with E-state index in [1.807, 2.05) is 6.92 Å². The minimum absolute atomic E-state index is 0.0223. The lowest BCUT2D eigenvalue weighted by atomic mass is 9.79. The summed E-state index contributed by atoms with van der Waals surface area (Å²) in [4.78, 5) is 23.6. The minimum atomic E-state index is -0.525. The highest BCUT2D eigenvalue weighted by atomic mass is 16.5. The van der Waals surface area contributed by atoms with Crippen LogP contribution in [0.4, 0.5) is 0 Å². The van der Waals surface area contributed by atoms with Gasteiger partial charge < -0.3 is 19.8 Å². The number of carbonyl (C=O) groups excluding carboxylic acids is 2. The van der Waals surface area contributed by atoms with Crippen molar-refractivity contribution < 1.29 is 24.1 Å². The Balaban J connectivity index is 2.18. The van der Waals surface area contributed by atoms with Crippen LogP contribution in [0.5, 0.6) is 11.5 Å². The second-order valence-electron chi connectivity index (χ2n) is 5.23. The summed E-state index contributed by atoms with van der Waals surface area (Å²) in [6, 6.07) is 2.89. The predicted octanol–water partition coefficient (Wildman–Crippen LogP) is 1.10. The molecule has 0 radical (unpaired) electrons. The van der Waals surface area contributed by atoms with Gasteiger partial charge in [0.1, 0.15) is 17.1 Å². The van der Waals surface area contributed by atoms with Crippen LogP contribution in [-0.4, -0.2) is 37.0 Å². The summed E-state index contributed by atoms with van der Waals surface area (Å²) in [6.45, 7) is 3.90. The van der Waals surface area contributed by atoms with Gasteiger partial charge in [-0.25, -0.2) is 4.79 Å². The molecular formula is C15H20BNO5. The fourth-order valence-corrected chi connectivity index (χ4v) is 2.48. The van der Waals surface area contributed by atoms with Crippen molar-refractivity contribution in [1.82, 2.24) is 5.32 Å². The van der Waals surface area contributed by atoms with Crippen molar-refractivity contribution in [1.29, 1.82) is 0 Å². The fourth-order valence-electron chi connectivity index (χ4n) is 2.48. The van der Waals surface area contributed by atoms with Gasteiger partial charge in [-0.3, -0.25) is 4.79 Å². The van der Waals surface area contributed by atoms with Gasteiger partial charge in [0, 0.05) is 12.4 Å². The number of ether oxygens (including phenoxy) is 1. The van der Waals surface area contributed by atoms with Gasteiger partial charge >= 0.3 is 13.5 Å². The number of benzene rings is 1. The van der Waals surface area contributed by atoms with Gasteiger partial charge in [-0.15, -0.1) is 0 Å². The van der Waals surface area contributed by atoms with Crippen LogP contribution >= 0.6 is 0 Å². The Kier molecular flexibility index (Phi) is 5.30. The van der Waals surface area contributed by atoms with Crippen LogP contribution in [0.2, 0.25) is 0 Å². The number of fused-ring (bicyclic) bond motifs is 1. The molecule has 2 N–H and O–H groups in total. The Labute approximate surface area is 130 Å². The predicted molar refractivity (Wildman–Crippen MR) is 82.4 cm³/mol. The molecule has 1 aromatic rings. The highest BCUT2D eigenvalue weighted by Crippen LogP contribution is 2.33. The molecule has 0 aromatic heterocycles. The first-order valence-corrected chi connectivity index (χ1v) is 7.50. The maximum Gasteiger partial charge on any atom is 0.363 e.